The zero-order valence-electron chi connectivity index (χ0n) is 16.1. The number of hydrogen-bond acceptors (Lipinski definition) is 4. The Morgan fingerprint density at radius 1 is 1.04 bits per heavy atom. The number of carbonyl (C=O) groups is 1. The van der Waals surface area contributed by atoms with Crippen molar-refractivity contribution < 1.29 is 14.3 Å². The van der Waals surface area contributed by atoms with Gasteiger partial charge in [-0.1, -0.05) is 42.5 Å². The van der Waals surface area contributed by atoms with Gasteiger partial charge in [0.25, 0.3) is 5.91 Å². The number of nitrogens with zero attached hydrogens (tertiary/aromatic N) is 1. The lowest BCUT2D eigenvalue weighted by Gasteiger charge is -2.16. The number of ether oxygens (including phenoxy) is 2. The number of methoxy groups -OCH3 is 2. The van der Waals surface area contributed by atoms with Crippen molar-refractivity contribution in [1.29, 1.82) is 0 Å². The number of carbonyl (C=O) groups excluding carboxylic acids is 1. The average molecular weight is 394 g/mol. The lowest BCUT2D eigenvalue weighted by Crippen LogP contribution is -2.28. The fourth-order valence-electron chi connectivity index (χ4n) is 3.66. The van der Waals surface area contributed by atoms with E-state index in [0.29, 0.717) is 16.5 Å². The van der Waals surface area contributed by atoms with E-state index in [9.17, 15) is 4.79 Å². The molecule has 144 valence electrons. The molecule has 1 atom stereocenters. The molecule has 1 unspecified atom stereocenters. The van der Waals surface area contributed by atoms with Crippen LogP contribution in [0.15, 0.2) is 60.7 Å². The van der Waals surface area contributed by atoms with Crippen molar-refractivity contribution in [3.63, 3.8) is 0 Å². The van der Waals surface area contributed by atoms with Crippen LogP contribution >= 0.6 is 11.3 Å². The second-order valence-corrected chi connectivity index (χ2v) is 7.94. The van der Waals surface area contributed by atoms with Gasteiger partial charge in [0, 0.05) is 23.9 Å². The van der Waals surface area contributed by atoms with Gasteiger partial charge in [-0.3, -0.25) is 4.79 Å². The lowest BCUT2D eigenvalue weighted by molar-refractivity contribution is 0.0792. The van der Waals surface area contributed by atoms with Crippen LogP contribution in [-0.2, 0) is 0 Å². The first kappa shape index (κ1) is 18.6. The molecule has 0 spiro atoms. The fraction of sp³-hybridized carbons (Fsp3) is 0.261. The molecule has 3 aromatic rings. The van der Waals surface area contributed by atoms with Crippen molar-refractivity contribution in [3.8, 4) is 21.9 Å². The number of amides is 1. The van der Waals surface area contributed by atoms with E-state index in [2.05, 4.69) is 24.3 Å². The summed E-state index contributed by atoms with van der Waals surface area (Å²) in [6.45, 7) is 1.49. The minimum Gasteiger partial charge on any atom is -0.497 e. The minimum absolute atomic E-state index is 0.0556. The van der Waals surface area contributed by atoms with Gasteiger partial charge in [0.2, 0.25) is 0 Å². The molecule has 0 saturated carbocycles. The Labute approximate surface area is 169 Å². The quantitative estimate of drug-likeness (QED) is 0.608. The monoisotopic (exact) mass is 393 g/mol. The fourth-order valence-corrected chi connectivity index (χ4v) is 4.76. The summed E-state index contributed by atoms with van der Waals surface area (Å²) < 4.78 is 10.8. The molecule has 1 fully saturated rings. The van der Waals surface area contributed by atoms with Gasteiger partial charge in [-0.2, -0.15) is 0 Å². The van der Waals surface area contributed by atoms with E-state index >= 15 is 0 Å². The second kappa shape index (κ2) is 8.07. The number of benzene rings is 2. The molecule has 1 aromatic heterocycles. The highest BCUT2D eigenvalue weighted by Crippen LogP contribution is 2.38. The topological polar surface area (TPSA) is 38.8 Å². The first-order chi connectivity index (χ1) is 13.7. The summed E-state index contributed by atoms with van der Waals surface area (Å²) in [4.78, 5) is 16.9. The van der Waals surface area contributed by atoms with Crippen LogP contribution in [0.4, 0.5) is 0 Å². The molecule has 1 saturated heterocycles. The van der Waals surface area contributed by atoms with Crippen LogP contribution in [0.3, 0.4) is 0 Å². The van der Waals surface area contributed by atoms with E-state index < -0.39 is 0 Å². The molecule has 0 N–H and O–H groups in total. The molecule has 4 nitrogen and oxygen atoms in total. The molecule has 2 aromatic carbocycles. The van der Waals surface area contributed by atoms with E-state index in [0.717, 1.165) is 35.7 Å². The number of thiophene rings is 1. The number of likely N-dealkylation sites (tertiary alicyclic amines) is 1. The molecule has 1 aliphatic heterocycles. The van der Waals surface area contributed by atoms with E-state index in [1.54, 1.807) is 14.2 Å². The van der Waals surface area contributed by atoms with E-state index in [1.807, 2.05) is 41.3 Å². The molecule has 0 radical (unpaired) electrons. The van der Waals surface area contributed by atoms with Crippen molar-refractivity contribution in [3.05, 3.63) is 71.1 Å². The Morgan fingerprint density at radius 3 is 2.46 bits per heavy atom. The summed E-state index contributed by atoms with van der Waals surface area (Å²) in [5.74, 6) is 1.92. The van der Waals surface area contributed by atoms with Gasteiger partial charge in [0.1, 0.15) is 16.4 Å². The maximum Gasteiger partial charge on any atom is 0.267 e. The van der Waals surface area contributed by atoms with Crippen LogP contribution < -0.4 is 9.47 Å². The molecular formula is C23H23NO3S. The molecule has 0 bridgehead atoms. The predicted octanol–water partition coefficient (Wildman–Crippen LogP) is 5.06. The van der Waals surface area contributed by atoms with Gasteiger partial charge in [-0.25, -0.2) is 0 Å². The smallest absolute Gasteiger partial charge is 0.267 e. The van der Waals surface area contributed by atoms with E-state index in [1.165, 1.54) is 16.9 Å². The van der Waals surface area contributed by atoms with Crippen LogP contribution in [-0.4, -0.2) is 38.1 Å². The molecule has 1 amide bonds. The summed E-state index contributed by atoms with van der Waals surface area (Å²) in [6, 6.07) is 20.2. The third-order valence-electron chi connectivity index (χ3n) is 5.23. The van der Waals surface area contributed by atoms with Gasteiger partial charge >= 0.3 is 0 Å². The third-order valence-corrected chi connectivity index (χ3v) is 6.39. The highest BCUT2D eigenvalue weighted by atomic mass is 32.1. The van der Waals surface area contributed by atoms with Crippen LogP contribution in [0.2, 0.25) is 0 Å². The largest absolute Gasteiger partial charge is 0.497 e. The number of hydrogen-bond donors (Lipinski definition) is 0. The van der Waals surface area contributed by atoms with Crippen LogP contribution in [0.5, 0.6) is 11.5 Å². The van der Waals surface area contributed by atoms with Gasteiger partial charge in [0.15, 0.2) is 0 Å². The Bertz CT molecular complexity index is 950. The third kappa shape index (κ3) is 3.62. The van der Waals surface area contributed by atoms with Crippen LogP contribution in [0, 0.1) is 0 Å². The van der Waals surface area contributed by atoms with Crippen LogP contribution in [0.25, 0.3) is 10.4 Å². The molecule has 0 aliphatic carbocycles. The van der Waals surface area contributed by atoms with Crippen molar-refractivity contribution in [1.82, 2.24) is 4.90 Å². The first-order valence-corrected chi connectivity index (χ1v) is 10.2. The van der Waals surface area contributed by atoms with Crippen molar-refractivity contribution in [2.45, 2.75) is 12.3 Å². The standard InChI is InChI=1S/C23H23NO3S/c1-26-19-10-8-16(9-11-19)18-12-13-24(15-18)23(25)22-20(27-2)14-21(28-22)17-6-4-3-5-7-17/h3-11,14,18H,12-13,15H2,1-2H3. The highest BCUT2D eigenvalue weighted by Gasteiger charge is 2.30. The molecule has 4 rings (SSSR count). The summed E-state index contributed by atoms with van der Waals surface area (Å²) in [5, 5.41) is 0. The average Bonchev–Trinajstić information content (AvgIpc) is 3.41. The maximum absolute atomic E-state index is 13.2. The zero-order valence-corrected chi connectivity index (χ0v) is 16.9. The van der Waals surface area contributed by atoms with Gasteiger partial charge < -0.3 is 14.4 Å². The maximum atomic E-state index is 13.2. The molecular weight excluding hydrogens is 370 g/mol. The normalized spacial score (nSPS) is 16.2. The first-order valence-electron chi connectivity index (χ1n) is 9.36. The van der Waals surface area contributed by atoms with Crippen molar-refractivity contribution in [2.75, 3.05) is 27.3 Å². The molecule has 28 heavy (non-hydrogen) atoms. The van der Waals surface area contributed by atoms with Crippen molar-refractivity contribution in [2.24, 2.45) is 0 Å². The highest BCUT2D eigenvalue weighted by molar-refractivity contribution is 7.17. The Hall–Kier alpha value is -2.79. The summed E-state index contributed by atoms with van der Waals surface area (Å²) in [5.41, 5.74) is 2.35. The minimum atomic E-state index is 0.0556. The predicted molar refractivity (Wildman–Crippen MR) is 113 cm³/mol. The van der Waals surface area contributed by atoms with Crippen molar-refractivity contribution >= 4 is 17.2 Å². The lowest BCUT2D eigenvalue weighted by atomic mass is 9.98. The Kier molecular flexibility index (Phi) is 5.35. The van der Waals surface area contributed by atoms with E-state index in [4.69, 9.17) is 9.47 Å². The van der Waals surface area contributed by atoms with Crippen LogP contribution in [0.1, 0.15) is 27.6 Å². The SMILES string of the molecule is COc1ccc(C2CCN(C(=O)c3sc(-c4ccccc4)cc3OC)C2)cc1. The summed E-state index contributed by atoms with van der Waals surface area (Å²) >= 11 is 1.50. The molecule has 1 aliphatic rings. The van der Waals surface area contributed by atoms with Gasteiger partial charge in [-0.15, -0.1) is 11.3 Å². The van der Waals surface area contributed by atoms with Gasteiger partial charge in [0.05, 0.1) is 14.2 Å². The number of rotatable bonds is 5. The summed E-state index contributed by atoms with van der Waals surface area (Å²) in [7, 11) is 3.29. The zero-order chi connectivity index (χ0) is 19.5. The molecule has 2 heterocycles. The Balaban J connectivity index is 1.52. The second-order valence-electron chi connectivity index (χ2n) is 6.88. The van der Waals surface area contributed by atoms with E-state index in [-0.39, 0.29) is 5.91 Å². The Morgan fingerprint density at radius 2 is 1.79 bits per heavy atom. The van der Waals surface area contributed by atoms with Gasteiger partial charge in [-0.05, 0) is 35.7 Å². The summed E-state index contributed by atoms with van der Waals surface area (Å²) in [6.07, 6.45) is 0.970. The molecule has 5 heteroatoms.